The molecule has 0 saturated carbocycles. The maximum Gasteiger partial charge on any atom is -0.0385 e. The molecule has 1 heteroatoms. The fourth-order valence-electron chi connectivity index (χ4n) is 0. The third-order valence-corrected chi connectivity index (χ3v) is 1.06. The molecule has 0 aromatic carbocycles. The third kappa shape index (κ3) is 170. The average molecular weight is 150 g/mol. The summed E-state index contributed by atoms with van der Waals surface area (Å²) < 4.78 is 0. The second-order valence-electron chi connectivity index (χ2n) is 1.41. The maximum atomic E-state index is 2.21. The average Bonchev–Trinajstić information content (AvgIpc) is 1.94. The van der Waals surface area contributed by atoms with Gasteiger partial charge in [0.1, 0.15) is 0 Å². The lowest BCUT2D eigenvalue weighted by molar-refractivity contribution is 1.09. The van der Waals surface area contributed by atoms with Crippen LogP contribution in [0, 0.1) is 0 Å². The summed E-state index contributed by atoms with van der Waals surface area (Å²) in [6, 6.07) is 0. The minimum atomic E-state index is 1.14. The van der Waals surface area contributed by atoms with Gasteiger partial charge < -0.3 is 0 Å². The van der Waals surface area contributed by atoms with Gasteiger partial charge in [0, 0.05) is 0 Å². The summed E-state index contributed by atoms with van der Waals surface area (Å²) >= 11 is 0. The van der Waals surface area contributed by atoms with Gasteiger partial charge in [-0.25, -0.2) is 0 Å². The lowest BCUT2D eigenvalue weighted by atomic mass is 10.6. The van der Waals surface area contributed by atoms with Gasteiger partial charge in [0.05, 0.1) is 0 Å². The van der Waals surface area contributed by atoms with Crippen LogP contribution in [0.25, 0.3) is 0 Å². The van der Waals surface area contributed by atoms with E-state index < -0.39 is 0 Å². The number of hydrogen-bond donors (Lipinski definition) is 0. The van der Waals surface area contributed by atoms with Crippen LogP contribution in [0.15, 0.2) is 0 Å². The van der Waals surface area contributed by atoms with E-state index in [1.165, 1.54) is 12.6 Å². The van der Waals surface area contributed by atoms with E-state index in [2.05, 4.69) is 27.4 Å². The highest BCUT2D eigenvalue weighted by Crippen LogP contribution is 1.95. The monoisotopic (exact) mass is 150 g/mol. The first-order valence-corrected chi connectivity index (χ1v) is 5.68. The summed E-state index contributed by atoms with van der Waals surface area (Å²) in [6.45, 7) is 12.7. The topological polar surface area (TPSA) is 0 Å². The van der Waals surface area contributed by atoms with Crippen LogP contribution >= 0.6 is 8.58 Å². The lowest BCUT2D eigenvalue weighted by Gasteiger charge is -1.69. The third-order valence-electron chi connectivity index (χ3n) is 0.354. The molecule has 0 spiro atoms. The van der Waals surface area contributed by atoms with Crippen molar-refractivity contribution in [1.29, 1.82) is 0 Å². The summed E-state index contributed by atoms with van der Waals surface area (Å²) in [5, 5.41) is 0. The van der Waals surface area contributed by atoms with Gasteiger partial charge >= 0.3 is 0 Å². The van der Waals surface area contributed by atoms with Crippen LogP contribution in [0.1, 0.15) is 41.0 Å². The summed E-state index contributed by atoms with van der Waals surface area (Å²) in [6.07, 6.45) is 2.60. The molecular formula is C8H23P. The molecule has 0 aliphatic carbocycles. The second-order valence-corrected chi connectivity index (χ2v) is 2.83. The highest BCUT2D eigenvalue weighted by Gasteiger charge is 1.55. The summed E-state index contributed by atoms with van der Waals surface area (Å²) in [5.74, 6) is 0. The Bertz CT molecular complexity index is 12.0. The predicted molar refractivity (Wildman–Crippen MR) is 52.1 cm³/mol. The highest BCUT2D eigenvalue weighted by atomic mass is 31.1. The molecule has 0 aromatic heterocycles. The zero-order valence-corrected chi connectivity index (χ0v) is 8.91. The van der Waals surface area contributed by atoms with E-state index in [-0.39, 0.29) is 0 Å². The molecule has 0 amide bonds. The van der Waals surface area contributed by atoms with Crippen molar-refractivity contribution in [3.05, 3.63) is 0 Å². The number of rotatable bonds is 1. The van der Waals surface area contributed by atoms with E-state index in [4.69, 9.17) is 0 Å². The van der Waals surface area contributed by atoms with Crippen LogP contribution < -0.4 is 0 Å². The van der Waals surface area contributed by atoms with E-state index in [9.17, 15) is 0 Å². The van der Waals surface area contributed by atoms with Crippen molar-refractivity contribution in [2.45, 2.75) is 41.0 Å². The molecule has 60 valence electrons. The molecule has 0 N–H and O–H groups in total. The largest absolute Gasteiger partial charge is 0.126 e. The zero-order chi connectivity index (χ0) is 8.12. The Labute approximate surface area is 63.2 Å². The Morgan fingerprint density at radius 2 is 1.11 bits per heavy atom. The standard InChI is InChI=1S/C3H9P.C3H8.C2H6/c1-3-4-2;1-3-2;1-2/h4H,3H2,1-2H3;3H2,1-2H3;1-2H3. The van der Waals surface area contributed by atoms with Crippen molar-refractivity contribution >= 4 is 8.58 Å². The Balaban J connectivity index is -0.0000000646. The molecule has 9 heavy (non-hydrogen) atoms. The molecule has 1 unspecified atom stereocenters. The molecule has 0 saturated heterocycles. The Morgan fingerprint density at radius 3 is 1.11 bits per heavy atom. The lowest BCUT2D eigenvalue weighted by Crippen LogP contribution is -1.47. The summed E-state index contributed by atoms with van der Waals surface area (Å²) in [5.41, 5.74) is 0. The normalized spacial score (nSPS) is 7.33. The fraction of sp³-hybridized carbons (Fsp3) is 1.00. The van der Waals surface area contributed by atoms with Gasteiger partial charge in [0.15, 0.2) is 0 Å². The van der Waals surface area contributed by atoms with Gasteiger partial charge in [-0.3, -0.25) is 0 Å². The molecular weight excluding hydrogens is 127 g/mol. The number of hydrogen-bond acceptors (Lipinski definition) is 0. The molecule has 0 radical (unpaired) electrons. The minimum absolute atomic E-state index is 1.14. The van der Waals surface area contributed by atoms with Crippen molar-refractivity contribution in [3.8, 4) is 0 Å². The van der Waals surface area contributed by atoms with Gasteiger partial charge in [0.25, 0.3) is 0 Å². The van der Waals surface area contributed by atoms with Gasteiger partial charge in [-0.1, -0.05) is 41.0 Å². The van der Waals surface area contributed by atoms with E-state index >= 15 is 0 Å². The molecule has 0 aromatic rings. The van der Waals surface area contributed by atoms with Crippen molar-refractivity contribution in [2.75, 3.05) is 12.8 Å². The van der Waals surface area contributed by atoms with Gasteiger partial charge in [-0.05, 0) is 12.8 Å². The van der Waals surface area contributed by atoms with Crippen molar-refractivity contribution in [2.24, 2.45) is 0 Å². The van der Waals surface area contributed by atoms with Crippen molar-refractivity contribution in [3.63, 3.8) is 0 Å². The second kappa shape index (κ2) is 39.6. The molecule has 0 aliphatic heterocycles. The van der Waals surface area contributed by atoms with Crippen molar-refractivity contribution in [1.82, 2.24) is 0 Å². The quantitative estimate of drug-likeness (QED) is 0.499. The molecule has 1 atom stereocenters. The first-order valence-electron chi connectivity index (χ1n) is 3.97. The summed E-state index contributed by atoms with van der Waals surface area (Å²) in [4.78, 5) is 0. The smallest absolute Gasteiger partial charge is 0.0385 e. The van der Waals surface area contributed by atoms with Crippen LogP contribution in [-0.2, 0) is 0 Å². The molecule has 0 aliphatic rings. The molecule has 0 heterocycles. The van der Waals surface area contributed by atoms with E-state index in [1.54, 1.807) is 0 Å². The van der Waals surface area contributed by atoms with Gasteiger partial charge in [0.2, 0.25) is 0 Å². The van der Waals surface area contributed by atoms with Crippen LogP contribution in [0.5, 0.6) is 0 Å². The first kappa shape index (κ1) is 16.2. The Morgan fingerprint density at radius 1 is 1.00 bits per heavy atom. The minimum Gasteiger partial charge on any atom is -0.126 e. The Hall–Kier alpha value is 0.430. The predicted octanol–water partition coefficient (Wildman–Crippen LogP) is 3.76. The molecule has 0 bridgehead atoms. The SMILES string of the molecule is CC.CCC.CCPC. The summed E-state index contributed by atoms with van der Waals surface area (Å²) in [7, 11) is 1.14. The molecule has 0 fully saturated rings. The van der Waals surface area contributed by atoms with Gasteiger partial charge in [-0.15, -0.1) is 8.58 Å². The van der Waals surface area contributed by atoms with E-state index in [1.807, 2.05) is 13.8 Å². The highest BCUT2D eigenvalue weighted by molar-refractivity contribution is 7.36. The maximum absolute atomic E-state index is 2.21. The van der Waals surface area contributed by atoms with Crippen molar-refractivity contribution < 1.29 is 0 Å². The molecule has 0 nitrogen and oxygen atoms in total. The van der Waals surface area contributed by atoms with Crippen LogP contribution in [-0.4, -0.2) is 12.8 Å². The fourth-order valence-corrected chi connectivity index (χ4v) is 0. The van der Waals surface area contributed by atoms with Gasteiger partial charge in [-0.2, -0.15) is 0 Å². The zero-order valence-electron chi connectivity index (χ0n) is 7.91. The first-order chi connectivity index (χ1) is 4.33. The molecule has 0 rings (SSSR count). The van der Waals surface area contributed by atoms with E-state index in [0.717, 1.165) is 8.58 Å². The van der Waals surface area contributed by atoms with Crippen LogP contribution in [0.2, 0.25) is 0 Å². The Kier molecular flexibility index (Phi) is 71.2. The van der Waals surface area contributed by atoms with E-state index in [0.29, 0.717) is 0 Å². The van der Waals surface area contributed by atoms with Crippen LogP contribution in [0.4, 0.5) is 0 Å². The van der Waals surface area contributed by atoms with Crippen LogP contribution in [0.3, 0.4) is 0 Å².